The van der Waals surface area contributed by atoms with Crippen LogP contribution in [0.4, 0.5) is 10.1 Å². The number of carbonyl (C=O) groups is 2. The smallest absolute Gasteiger partial charge is 0.227 e. The molecule has 2 aromatic carbocycles. The third kappa shape index (κ3) is 4.32. The number of aromatic amines is 1. The molecule has 2 amide bonds. The van der Waals surface area contributed by atoms with E-state index in [9.17, 15) is 9.59 Å². The third-order valence-electron chi connectivity index (χ3n) is 8.38. The number of nitrogens with one attached hydrogen (secondary N) is 2. The number of benzene rings is 2. The van der Waals surface area contributed by atoms with Crippen LogP contribution in [0.15, 0.2) is 60.6 Å². The van der Waals surface area contributed by atoms with Crippen LogP contribution in [-0.2, 0) is 16.0 Å². The number of allylic oxidation sites excluding steroid dienone is 4. The predicted octanol–water partition coefficient (Wildman–Crippen LogP) is 5.11. The number of piperidine rings is 1. The third-order valence-corrected chi connectivity index (χ3v) is 8.62. The van der Waals surface area contributed by atoms with E-state index in [4.69, 9.17) is 11.6 Å². The summed E-state index contributed by atoms with van der Waals surface area (Å²) in [6.07, 6.45) is 7.67. The fourth-order valence-corrected chi connectivity index (χ4v) is 6.37. The molecule has 4 aromatic rings. The fourth-order valence-electron chi connectivity index (χ4n) is 6.20. The molecule has 4 atom stereocenters. The number of nitrogens with zero attached hydrogens (tertiary/aromatic N) is 6. The first kappa shape index (κ1) is 26.3. The molecule has 42 heavy (non-hydrogen) atoms. The van der Waals surface area contributed by atoms with Gasteiger partial charge in [-0.15, -0.1) is 5.10 Å². The van der Waals surface area contributed by atoms with Gasteiger partial charge in [0.15, 0.2) is 0 Å². The highest BCUT2D eigenvalue weighted by molar-refractivity contribution is 6.30. The Morgan fingerprint density at radius 3 is 2.83 bits per heavy atom. The first-order valence-electron chi connectivity index (χ1n) is 13.7. The van der Waals surface area contributed by atoms with Crippen LogP contribution in [0, 0.1) is 23.7 Å². The highest BCUT2D eigenvalue weighted by atomic mass is 35.5. The van der Waals surface area contributed by atoms with Gasteiger partial charge in [0, 0.05) is 39.4 Å². The lowest BCUT2D eigenvalue weighted by Crippen LogP contribution is -2.27. The molecule has 1 saturated heterocycles. The number of anilines is 1. The molecule has 2 aliphatic heterocycles. The molecule has 212 valence electrons. The van der Waals surface area contributed by atoms with Crippen molar-refractivity contribution in [2.75, 3.05) is 5.32 Å². The number of amides is 2. The monoisotopic (exact) mass is 584 g/mol. The Morgan fingerprint density at radius 2 is 2.07 bits per heavy atom. The zero-order chi connectivity index (χ0) is 29.1. The molecule has 0 spiro atoms. The lowest BCUT2D eigenvalue weighted by molar-refractivity contribution is -0.120. The first-order chi connectivity index (χ1) is 20.4. The molecule has 1 aliphatic carbocycles. The first-order valence-corrected chi connectivity index (χ1v) is 14.1. The van der Waals surface area contributed by atoms with E-state index in [-0.39, 0.29) is 29.4 Å². The Bertz CT molecular complexity index is 1800. The van der Waals surface area contributed by atoms with Crippen molar-refractivity contribution in [1.82, 2.24) is 35.1 Å². The molecule has 2 aromatic heterocycles. The lowest BCUT2D eigenvalue weighted by atomic mass is 9.93. The maximum atomic E-state index is 15.3. The van der Waals surface area contributed by atoms with Crippen molar-refractivity contribution in [2.24, 2.45) is 17.8 Å². The number of halogens is 2. The fraction of sp³-hybridized carbons (Fsp3) is 0.267. The Labute approximate surface area is 245 Å². The van der Waals surface area contributed by atoms with Gasteiger partial charge < -0.3 is 15.2 Å². The highest BCUT2D eigenvalue weighted by Gasteiger charge is 2.57. The zero-order valence-corrected chi connectivity index (χ0v) is 23.5. The number of carbonyl (C=O) groups excluding carboxylic acids is 2. The number of likely N-dealkylation sites (tertiary alicyclic amines) is 1. The van der Waals surface area contributed by atoms with Gasteiger partial charge in [-0.05, 0) is 83.7 Å². The molecule has 3 aliphatic rings. The van der Waals surface area contributed by atoms with Gasteiger partial charge in [0.1, 0.15) is 17.8 Å². The highest BCUT2D eigenvalue weighted by Crippen LogP contribution is 2.61. The lowest BCUT2D eigenvalue weighted by Gasteiger charge is -2.24. The normalized spacial score (nSPS) is 24.0. The average Bonchev–Trinajstić information content (AvgIpc) is 3.28. The summed E-state index contributed by atoms with van der Waals surface area (Å²) in [4.78, 5) is 33.7. The second kappa shape index (κ2) is 10.0. The summed E-state index contributed by atoms with van der Waals surface area (Å²) in [5, 5.41) is 15.0. The van der Waals surface area contributed by atoms with Crippen LogP contribution in [0.5, 0.6) is 0 Å². The van der Waals surface area contributed by atoms with Crippen LogP contribution >= 0.6 is 11.6 Å². The SMILES string of the molecule is C/C=C(\C=C1\C2CC2C(c2nc(-c3ccc4c(c3)CC(C)C(=O)N4)c(F)[nH]2)N1C=O)c1cc(Cl)ccc1-n1cnnn1. The van der Waals surface area contributed by atoms with Crippen LogP contribution in [-0.4, -0.2) is 47.4 Å². The van der Waals surface area contributed by atoms with Gasteiger partial charge in [-0.25, -0.2) is 4.98 Å². The van der Waals surface area contributed by atoms with Crippen LogP contribution in [0.3, 0.4) is 0 Å². The molecule has 0 bridgehead atoms. The van der Waals surface area contributed by atoms with Crippen LogP contribution in [0.2, 0.25) is 5.02 Å². The van der Waals surface area contributed by atoms with Crippen LogP contribution < -0.4 is 5.32 Å². The number of hydrogen-bond acceptors (Lipinski definition) is 6. The molecule has 0 radical (unpaired) electrons. The maximum absolute atomic E-state index is 15.3. The van der Waals surface area contributed by atoms with Crippen molar-refractivity contribution >= 4 is 35.2 Å². The summed E-state index contributed by atoms with van der Waals surface area (Å²) in [7, 11) is 0. The number of fused-ring (bicyclic) bond motifs is 2. The van der Waals surface area contributed by atoms with Crippen molar-refractivity contribution in [2.45, 2.75) is 32.7 Å². The van der Waals surface area contributed by atoms with E-state index in [1.807, 2.05) is 44.2 Å². The van der Waals surface area contributed by atoms with Gasteiger partial charge in [-0.2, -0.15) is 9.07 Å². The van der Waals surface area contributed by atoms with E-state index in [1.54, 1.807) is 27.8 Å². The summed E-state index contributed by atoms with van der Waals surface area (Å²) >= 11 is 6.37. The number of aromatic nitrogens is 6. The number of imidazole rings is 1. The molecule has 7 rings (SSSR count). The van der Waals surface area contributed by atoms with Crippen molar-refractivity contribution < 1.29 is 14.0 Å². The van der Waals surface area contributed by atoms with Gasteiger partial charge >= 0.3 is 0 Å². The predicted molar refractivity (Wildman–Crippen MR) is 154 cm³/mol. The van der Waals surface area contributed by atoms with Gasteiger partial charge in [-0.3, -0.25) is 9.59 Å². The van der Waals surface area contributed by atoms with E-state index in [2.05, 4.69) is 30.8 Å². The molecule has 4 heterocycles. The van der Waals surface area contributed by atoms with Crippen LogP contribution in [0.1, 0.15) is 43.3 Å². The summed E-state index contributed by atoms with van der Waals surface area (Å²) in [5.41, 5.74) is 5.71. The number of rotatable bonds is 6. The zero-order valence-electron chi connectivity index (χ0n) is 22.8. The topological polar surface area (TPSA) is 122 Å². The van der Waals surface area contributed by atoms with E-state index < -0.39 is 12.0 Å². The van der Waals surface area contributed by atoms with Gasteiger partial charge in [0.25, 0.3) is 0 Å². The minimum absolute atomic E-state index is 0.0235. The van der Waals surface area contributed by atoms with Gasteiger partial charge in [0.05, 0.1) is 11.7 Å². The molecular formula is C30H26ClFN8O2. The Balaban J connectivity index is 1.22. The van der Waals surface area contributed by atoms with Crippen LogP contribution in [0.25, 0.3) is 22.5 Å². The molecule has 12 heteroatoms. The van der Waals surface area contributed by atoms with Crippen molar-refractivity contribution in [3.05, 3.63) is 88.5 Å². The van der Waals surface area contributed by atoms with E-state index in [0.717, 1.165) is 46.6 Å². The molecule has 1 saturated carbocycles. The minimum Gasteiger partial charge on any atom is -0.326 e. The van der Waals surface area contributed by atoms with Gasteiger partial charge in [0.2, 0.25) is 18.3 Å². The summed E-state index contributed by atoms with van der Waals surface area (Å²) < 4.78 is 16.9. The second-order valence-corrected chi connectivity index (χ2v) is 11.4. The van der Waals surface area contributed by atoms with E-state index in [1.165, 1.54) is 6.33 Å². The Morgan fingerprint density at radius 1 is 1.21 bits per heavy atom. The molecule has 2 N–H and O–H groups in total. The van der Waals surface area contributed by atoms with Crippen molar-refractivity contribution in [1.29, 1.82) is 0 Å². The number of H-pyrrole nitrogens is 1. The molecule has 4 unspecified atom stereocenters. The largest absolute Gasteiger partial charge is 0.326 e. The quantitative estimate of drug-likeness (QED) is 0.304. The Kier molecular flexibility index (Phi) is 6.27. The minimum atomic E-state index is -0.558. The Hall–Kier alpha value is -4.64. The summed E-state index contributed by atoms with van der Waals surface area (Å²) in [6, 6.07) is 10.4. The van der Waals surface area contributed by atoms with Gasteiger partial charge in [-0.1, -0.05) is 30.7 Å². The van der Waals surface area contributed by atoms with E-state index >= 15 is 4.39 Å². The second-order valence-electron chi connectivity index (χ2n) is 10.9. The van der Waals surface area contributed by atoms with E-state index in [0.29, 0.717) is 22.8 Å². The van der Waals surface area contributed by atoms with Crippen molar-refractivity contribution in [3.63, 3.8) is 0 Å². The molecule has 2 fully saturated rings. The molecule has 10 nitrogen and oxygen atoms in total. The standard InChI is InChI=1S/C30H26ClFN8O2/c1-3-16(20-11-19(31)5-7-24(20)40-13-33-37-38-40)10-25-21-12-22(21)27(39(25)14-41)29-35-26(28(32)36-29)17-4-6-23-18(9-17)8-15(2)30(42)34-23/h3-7,9-11,13-15,21-22,27H,8,12H2,1-2H3,(H,34,42)(H,35,36)/b16-3+,25-10-. The van der Waals surface area contributed by atoms with Crippen molar-refractivity contribution in [3.8, 4) is 16.9 Å². The maximum Gasteiger partial charge on any atom is 0.227 e. The summed E-state index contributed by atoms with van der Waals surface area (Å²) in [5.74, 6) is -0.0831. The average molecular weight is 585 g/mol. The summed E-state index contributed by atoms with van der Waals surface area (Å²) in [6.45, 7) is 3.78. The number of tetrazole rings is 1. The number of hydrogen-bond donors (Lipinski definition) is 2. The molecular weight excluding hydrogens is 559 g/mol.